The summed E-state index contributed by atoms with van der Waals surface area (Å²) in [4.78, 5) is 0. The number of halogens is 2. The fourth-order valence-electron chi connectivity index (χ4n) is 1.81. The molecule has 1 fully saturated rings. The number of aliphatic hydroxyl groups excluding tert-OH is 1. The lowest BCUT2D eigenvalue weighted by molar-refractivity contribution is 0.122. The number of aliphatic hydroxyl groups is 1. The Morgan fingerprint density at radius 2 is 2.12 bits per heavy atom. The number of ether oxygens (including phenoxy) is 1. The van der Waals surface area contributed by atoms with Crippen LogP contribution in [0.1, 0.15) is 24.4 Å². The first-order valence-electron chi connectivity index (χ1n) is 5.40. The number of methoxy groups -OCH3 is 1. The van der Waals surface area contributed by atoms with Gasteiger partial charge in [-0.1, -0.05) is 6.07 Å². The zero-order valence-electron chi connectivity index (χ0n) is 9.60. The highest BCUT2D eigenvalue weighted by Gasteiger charge is 2.34. The molecule has 5 heteroatoms. The number of benzene rings is 1. The summed E-state index contributed by atoms with van der Waals surface area (Å²) < 4.78 is 18.1. The second kappa shape index (κ2) is 5.67. The first-order valence-corrected chi connectivity index (χ1v) is 5.40. The largest absolute Gasteiger partial charge is 0.494 e. The normalized spacial score (nSPS) is 18.1. The predicted octanol–water partition coefficient (Wildman–Crippen LogP) is 2.03. The van der Waals surface area contributed by atoms with E-state index in [0.29, 0.717) is 11.5 Å². The van der Waals surface area contributed by atoms with E-state index < -0.39 is 18.0 Å². The van der Waals surface area contributed by atoms with Crippen molar-refractivity contribution in [2.45, 2.75) is 25.0 Å². The first-order chi connectivity index (χ1) is 7.63. The highest BCUT2D eigenvalue weighted by Crippen LogP contribution is 2.37. The predicted molar refractivity (Wildman–Crippen MR) is 65.9 cm³/mol. The third-order valence-corrected chi connectivity index (χ3v) is 3.03. The molecule has 0 saturated heterocycles. The van der Waals surface area contributed by atoms with E-state index in [1.54, 1.807) is 12.1 Å². The summed E-state index contributed by atoms with van der Waals surface area (Å²) in [5.74, 6) is 0.0429. The number of hydrogen-bond donors (Lipinski definition) is 2. The van der Waals surface area contributed by atoms with Crippen LogP contribution in [-0.2, 0) is 0 Å². The smallest absolute Gasteiger partial charge is 0.165 e. The van der Waals surface area contributed by atoms with Crippen molar-refractivity contribution in [1.29, 1.82) is 0 Å². The molecule has 0 heterocycles. The summed E-state index contributed by atoms with van der Waals surface area (Å²) in [5.41, 5.74) is 6.63. The minimum absolute atomic E-state index is 0. The standard InChI is InChI=1S/C12H16FNO2.ClH/c1-16-10-6-8(4-5-9(10)13)11(14)12(15)7-2-3-7;/h4-7,11-12,15H,2-3,14H2,1H3;1H/t11-,12+;/m0./s1. The van der Waals surface area contributed by atoms with E-state index in [1.807, 2.05) is 0 Å². The van der Waals surface area contributed by atoms with Crippen LogP contribution in [0.15, 0.2) is 18.2 Å². The monoisotopic (exact) mass is 261 g/mol. The zero-order chi connectivity index (χ0) is 11.7. The van der Waals surface area contributed by atoms with Gasteiger partial charge in [-0.05, 0) is 36.5 Å². The van der Waals surface area contributed by atoms with Crippen LogP contribution in [0.2, 0.25) is 0 Å². The molecule has 0 aliphatic heterocycles. The molecule has 1 aliphatic carbocycles. The third-order valence-electron chi connectivity index (χ3n) is 3.03. The van der Waals surface area contributed by atoms with Crippen molar-refractivity contribution >= 4 is 12.4 Å². The Labute approximate surface area is 106 Å². The van der Waals surface area contributed by atoms with Gasteiger partial charge in [-0.15, -0.1) is 12.4 Å². The minimum Gasteiger partial charge on any atom is -0.494 e. The topological polar surface area (TPSA) is 55.5 Å². The molecule has 0 unspecified atom stereocenters. The molecule has 2 atom stereocenters. The van der Waals surface area contributed by atoms with Crippen LogP contribution in [0.4, 0.5) is 4.39 Å². The maximum atomic E-state index is 13.2. The van der Waals surface area contributed by atoms with Gasteiger partial charge in [0.1, 0.15) is 0 Å². The van der Waals surface area contributed by atoms with Gasteiger partial charge in [0.05, 0.1) is 19.3 Å². The Balaban J connectivity index is 0.00000144. The van der Waals surface area contributed by atoms with Gasteiger partial charge in [-0.25, -0.2) is 4.39 Å². The maximum Gasteiger partial charge on any atom is 0.165 e. The van der Waals surface area contributed by atoms with Gasteiger partial charge >= 0.3 is 0 Å². The Morgan fingerprint density at radius 1 is 1.47 bits per heavy atom. The van der Waals surface area contributed by atoms with Gasteiger partial charge < -0.3 is 15.6 Å². The average Bonchev–Trinajstić information content (AvgIpc) is 3.11. The second-order valence-electron chi connectivity index (χ2n) is 4.25. The average molecular weight is 262 g/mol. The summed E-state index contributed by atoms with van der Waals surface area (Å²) >= 11 is 0. The van der Waals surface area contributed by atoms with E-state index in [0.717, 1.165) is 12.8 Å². The third kappa shape index (κ3) is 3.09. The van der Waals surface area contributed by atoms with Crippen molar-refractivity contribution in [1.82, 2.24) is 0 Å². The molecule has 0 amide bonds. The quantitative estimate of drug-likeness (QED) is 0.872. The molecule has 3 nitrogen and oxygen atoms in total. The Bertz CT molecular complexity index is 385. The van der Waals surface area contributed by atoms with Crippen molar-refractivity contribution in [3.63, 3.8) is 0 Å². The fraction of sp³-hybridized carbons (Fsp3) is 0.500. The van der Waals surface area contributed by atoms with Gasteiger partial charge in [0.25, 0.3) is 0 Å². The van der Waals surface area contributed by atoms with Crippen molar-refractivity contribution < 1.29 is 14.2 Å². The van der Waals surface area contributed by atoms with E-state index >= 15 is 0 Å². The molecule has 3 N–H and O–H groups in total. The van der Waals surface area contributed by atoms with E-state index in [-0.39, 0.29) is 18.2 Å². The Hall–Kier alpha value is -0.840. The highest BCUT2D eigenvalue weighted by atomic mass is 35.5. The van der Waals surface area contributed by atoms with Gasteiger partial charge in [-0.3, -0.25) is 0 Å². The van der Waals surface area contributed by atoms with Crippen molar-refractivity contribution in [2.24, 2.45) is 11.7 Å². The van der Waals surface area contributed by atoms with Crippen LogP contribution < -0.4 is 10.5 Å². The summed E-state index contributed by atoms with van der Waals surface area (Å²) in [6.45, 7) is 0. The Kier molecular flexibility index (Phi) is 4.74. The molecular formula is C12H17ClFNO2. The van der Waals surface area contributed by atoms with E-state index in [9.17, 15) is 9.50 Å². The molecule has 0 radical (unpaired) electrons. The van der Waals surface area contributed by atoms with E-state index in [1.165, 1.54) is 13.2 Å². The van der Waals surface area contributed by atoms with Crippen LogP contribution in [0.5, 0.6) is 5.75 Å². The van der Waals surface area contributed by atoms with Crippen LogP contribution in [0, 0.1) is 11.7 Å². The fourth-order valence-corrected chi connectivity index (χ4v) is 1.81. The van der Waals surface area contributed by atoms with Crippen LogP contribution in [0.25, 0.3) is 0 Å². The molecule has 17 heavy (non-hydrogen) atoms. The summed E-state index contributed by atoms with van der Waals surface area (Å²) in [6, 6.07) is 3.98. The van der Waals surface area contributed by atoms with E-state index in [2.05, 4.69) is 0 Å². The Morgan fingerprint density at radius 3 is 2.65 bits per heavy atom. The SMILES string of the molecule is COc1cc([C@H](N)[C@H](O)C2CC2)ccc1F.Cl. The van der Waals surface area contributed by atoms with Crippen molar-refractivity contribution in [3.8, 4) is 5.75 Å². The molecule has 0 aromatic heterocycles. The summed E-state index contributed by atoms with van der Waals surface area (Å²) in [7, 11) is 1.41. The number of nitrogens with two attached hydrogens (primary N) is 1. The number of hydrogen-bond acceptors (Lipinski definition) is 3. The van der Waals surface area contributed by atoms with E-state index in [4.69, 9.17) is 10.5 Å². The summed E-state index contributed by atoms with van der Waals surface area (Å²) in [5, 5.41) is 9.88. The molecule has 0 spiro atoms. The van der Waals surface area contributed by atoms with Gasteiger partial charge in [0.15, 0.2) is 11.6 Å². The maximum absolute atomic E-state index is 13.2. The minimum atomic E-state index is -0.546. The lowest BCUT2D eigenvalue weighted by atomic mass is 9.99. The first kappa shape index (κ1) is 14.2. The molecule has 0 bridgehead atoms. The lowest BCUT2D eigenvalue weighted by Gasteiger charge is -2.19. The molecule has 1 aromatic rings. The van der Waals surface area contributed by atoms with Crippen LogP contribution >= 0.6 is 12.4 Å². The summed E-state index contributed by atoms with van der Waals surface area (Å²) in [6.07, 6.45) is 1.50. The van der Waals surface area contributed by atoms with Gasteiger partial charge in [-0.2, -0.15) is 0 Å². The molecule has 96 valence electrons. The van der Waals surface area contributed by atoms with Crippen molar-refractivity contribution in [3.05, 3.63) is 29.6 Å². The molecule has 1 aliphatic rings. The molecular weight excluding hydrogens is 245 g/mol. The van der Waals surface area contributed by atoms with Crippen LogP contribution in [-0.4, -0.2) is 18.3 Å². The van der Waals surface area contributed by atoms with Crippen LogP contribution in [0.3, 0.4) is 0 Å². The zero-order valence-corrected chi connectivity index (χ0v) is 10.4. The molecule has 1 saturated carbocycles. The van der Waals surface area contributed by atoms with Gasteiger partial charge in [0.2, 0.25) is 0 Å². The second-order valence-corrected chi connectivity index (χ2v) is 4.25. The highest BCUT2D eigenvalue weighted by molar-refractivity contribution is 5.85. The van der Waals surface area contributed by atoms with Gasteiger partial charge in [0, 0.05) is 0 Å². The number of rotatable bonds is 4. The molecule has 2 rings (SSSR count). The van der Waals surface area contributed by atoms with Crippen molar-refractivity contribution in [2.75, 3.05) is 7.11 Å². The molecule has 1 aromatic carbocycles. The lowest BCUT2D eigenvalue weighted by Crippen LogP contribution is -2.27.